The highest BCUT2D eigenvalue weighted by Crippen LogP contribution is 2.31. The van der Waals surface area contributed by atoms with E-state index < -0.39 is 24.1 Å². The Bertz CT molecular complexity index is 853. The second kappa shape index (κ2) is 6.87. The van der Waals surface area contributed by atoms with E-state index >= 15 is 0 Å². The molecular weight excluding hydrogens is 344 g/mol. The van der Waals surface area contributed by atoms with E-state index in [0.29, 0.717) is 13.0 Å². The van der Waals surface area contributed by atoms with Crippen LogP contribution in [-0.4, -0.2) is 46.9 Å². The summed E-state index contributed by atoms with van der Waals surface area (Å²) >= 11 is 0. The van der Waals surface area contributed by atoms with Crippen LogP contribution in [0.5, 0.6) is 0 Å². The van der Waals surface area contributed by atoms with Crippen molar-refractivity contribution in [2.75, 3.05) is 7.11 Å². The van der Waals surface area contributed by atoms with Crippen LogP contribution < -0.4 is 0 Å². The van der Waals surface area contributed by atoms with Crippen molar-refractivity contribution in [3.8, 4) is 0 Å². The predicted octanol–water partition coefficient (Wildman–Crippen LogP) is 2.16. The van der Waals surface area contributed by atoms with Gasteiger partial charge in [0.25, 0.3) is 5.91 Å². The Morgan fingerprint density at radius 3 is 2.44 bits per heavy atom. The Balaban J connectivity index is 1.65. The van der Waals surface area contributed by atoms with E-state index in [9.17, 15) is 14.4 Å². The molecule has 0 aromatic heterocycles. The molecule has 4 rings (SSSR count). The summed E-state index contributed by atoms with van der Waals surface area (Å²) < 4.78 is 4.91. The largest absolute Gasteiger partial charge is 0.467 e. The molecule has 138 valence electrons. The topological polar surface area (TPSA) is 66.9 Å². The lowest BCUT2D eigenvalue weighted by Gasteiger charge is -2.28. The standard InChI is InChI=1S/C21H20N2O4/c1-27-20(25)18(11-14-7-3-2-4-8-14)23-19(24)17-12-15-9-5-6-10-16(15)13-22(17)21(23)26/h2-10,17-18H,11-13H2,1H3/t17-,18-/m0/s1. The summed E-state index contributed by atoms with van der Waals surface area (Å²) in [4.78, 5) is 41.2. The van der Waals surface area contributed by atoms with Crippen LogP contribution in [0.1, 0.15) is 16.7 Å². The van der Waals surface area contributed by atoms with Crippen LogP contribution in [0.15, 0.2) is 54.6 Å². The molecule has 0 spiro atoms. The summed E-state index contributed by atoms with van der Waals surface area (Å²) in [7, 11) is 1.27. The van der Waals surface area contributed by atoms with Gasteiger partial charge in [0.05, 0.1) is 7.11 Å². The molecule has 0 radical (unpaired) electrons. The van der Waals surface area contributed by atoms with Gasteiger partial charge in [-0.3, -0.25) is 4.79 Å². The smallest absolute Gasteiger partial charge is 0.329 e. The maximum absolute atomic E-state index is 13.1. The first-order chi connectivity index (χ1) is 13.1. The minimum Gasteiger partial charge on any atom is -0.467 e. The number of hydrogen-bond donors (Lipinski definition) is 0. The molecule has 27 heavy (non-hydrogen) atoms. The van der Waals surface area contributed by atoms with Crippen molar-refractivity contribution in [2.24, 2.45) is 0 Å². The number of carbonyl (C=O) groups is 3. The van der Waals surface area contributed by atoms with E-state index in [1.165, 1.54) is 7.11 Å². The van der Waals surface area contributed by atoms with Gasteiger partial charge in [0.2, 0.25) is 0 Å². The predicted molar refractivity (Wildman–Crippen MR) is 97.7 cm³/mol. The molecule has 6 nitrogen and oxygen atoms in total. The highest BCUT2D eigenvalue weighted by Gasteiger charge is 2.51. The molecule has 1 saturated heterocycles. The molecule has 3 amide bonds. The monoisotopic (exact) mass is 364 g/mol. The average molecular weight is 364 g/mol. The fourth-order valence-electron chi connectivity index (χ4n) is 3.88. The van der Waals surface area contributed by atoms with Gasteiger partial charge in [0, 0.05) is 19.4 Å². The van der Waals surface area contributed by atoms with E-state index in [2.05, 4.69) is 0 Å². The highest BCUT2D eigenvalue weighted by molar-refractivity contribution is 6.07. The molecule has 2 aliphatic heterocycles. The third kappa shape index (κ3) is 2.97. The molecule has 0 N–H and O–H groups in total. The van der Waals surface area contributed by atoms with Gasteiger partial charge < -0.3 is 9.64 Å². The van der Waals surface area contributed by atoms with Crippen molar-refractivity contribution in [1.29, 1.82) is 0 Å². The van der Waals surface area contributed by atoms with Gasteiger partial charge in [-0.1, -0.05) is 54.6 Å². The Labute approximate surface area is 157 Å². The van der Waals surface area contributed by atoms with Crippen LogP contribution in [-0.2, 0) is 33.7 Å². The molecule has 2 aromatic carbocycles. The molecule has 6 heteroatoms. The fourth-order valence-corrected chi connectivity index (χ4v) is 3.88. The van der Waals surface area contributed by atoms with Gasteiger partial charge in [-0.05, 0) is 16.7 Å². The second-order valence-electron chi connectivity index (χ2n) is 6.84. The molecule has 0 aliphatic carbocycles. The van der Waals surface area contributed by atoms with Gasteiger partial charge in [-0.25, -0.2) is 14.5 Å². The minimum absolute atomic E-state index is 0.235. The van der Waals surface area contributed by atoms with Gasteiger partial charge in [-0.2, -0.15) is 0 Å². The van der Waals surface area contributed by atoms with E-state index in [4.69, 9.17) is 4.74 Å². The first-order valence-corrected chi connectivity index (χ1v) is 8.92. The lowest BCUT2D eigenvalue weighted by molar-refractivity contribution is -0.149. The van der Waals surface area contributed by atoms with Crippen LogP contribution in [0, 0.1) is 0 Å². The SMILES string of the molecule is COC(=O)[C@H](Cc1ccccc1)N1C(=O)[C@@H]2Cc3ccccc3CN2C1=O. The van der Waals surface area contributed by atoms with Crippen molar-refractivity contribution in [1.82, 2.24) is 9.80 Å². The van der Waals surface area contributed by atoms with Crippen molar-refractivity contribution < 1.29 is 19.1 Å². The number of nitrogens with zero attached hydrogens (tertiary/aromatic N) is 2. The maximum atomic E-state index is 13.1. The number of methoxy groups -OCH3 is 1. The molecule has 2 aromatic rings. The van der Waals surface area contributed by atoms with Crippen LogP contribution in [0.25, 0.3) is 0 Å². The Morgan fingerprint density at radius 1 is 1.07 bits per heavy atom. The van der Waals surface area contributed by atoms with Gasteiger partial charge in [0.15, 0.2) is 0 Å². The van der Waals surface area contributed by atoms with Crippen LogP contribution >= 0.6 is 0 Å². The molecule has 2 aliphatic rings. The maximum Gasteiger partial charge on any atom is 0.329 e. The van der Waals surface area contributed by atoms with E-state index in [1.54, 1.807) is 4.90 Å². The summed E-state index contributed by atoms with van der Waals surface area (Å²) in [6, 6.07) is 15.2. The molecule has 1 fully saturated rings. The normalized spacial score (nSPS) is 19.5. The number of benzene rings is 2. The number of amides is 3. The lowest BCUT2D eigenvalue weighted by Crippen LogP contribution is -2.47. The number of rotatable bonds is 4. The lowest BCUT2D eigenvalue weighted by atomic mass is 9.94. The summed E-state index contributed by atoms with van der Waals surface area (Å²) in [5.41, 5.74) is 2.97. The zero-order chi connectivity index (χ0) is 19.0. The Kier molecular flexibility index (Phi) is 4.39. The van der Waals surface area contributed by atoms with E-state index in [0.717, 1.165) is 21.6 Å². The van der Waals surface area contributed by atoms with Gasteiger partial charge in [0.1, 0.15) is 12.1 Å². The Morgan fingerprint density at radius 2 is 1.74 bits per heavy atom. The van der Waals surface area contributed by atoms with Crippen molar-refractivity contribution in [3.05, 3.63) is 71.3 Å². The zero-order valence-electron chi connectivity index (χ0n) is 15.0. The molecule has 2 atom stereocenters. The number of ether oxygens (including phenoxy) is 1. The fraction of sp³-hybridized carbons (Fsp3) is 0.286. The molecule has 0 saturated carbocycles. The molecule has 0 unspecified atom stereocenters. The number of urea groups is 1. The second-order valence-corrected chi connectivity index (χ2v) is 6.84. The van der Waals surface area contributed by atoms with E-state index in [-0.39, 0.29) is 12.3 Å². The molecule has 2 heterocycles. The number of hydrogen-bond acceptors (Lipinski definition) is 4. The number of carbonyl (C=O) groups excluding carboxylic acids is 3. The summed E-state index contributed by atoms with van der Waals surface area (Å²) in [6.07, 6.45) is 0.703. The van der Waals surface area contributed by atoms with Crippen LogP contribution in [0.4, 0.5) is 4.79 Å². The summed E-state index contributed by atoms with van der Waals surface area (Å²) in [5, 5.41) is 0. The van der Waals surface area contributed by atoms with Crippen molar-refractivity contribution >= 4 is 17.9 Å². The number of imide groups is 1. The summed E-state index contributed by atoms with van der Waals surface area (Å²) in [5.74, 6) is -0.918. The first-order valence-electron chi connectivity index (χ1n) is 8.92. The highest BCUT2D eigenvalue weighted by atomic mass is 16.5. The molecule has 0 bridgehead atoms. The first kappa shape index (κ1) is 17.3. The van der Waals surface area contributed by atoms with Gasteiger partial charge in [-0.15, -0.1) is 0 Å². The zero-order valence-corrected chi connectivity index (χ0v) is 15.0. The van der Waals surface area contributed by atoms with Crippen LogP contribution in [0.2, 0.25) is 0 Å². The van der Waals surface area contributed by atoms with Crippen LogP contribution in [0.3, 0.4) is 0 Å². The van der Waals surface area contributed by atoms with E-state index in [1.807, 2.05) is 54.6 Å². The Hall–Kier alpha value is -3.15. The van der Waals surface area contributed by atoms with Crippen molar-refractivity contribution in [2.45, 2.75) is 31.5 Å². The minimum atomic E-state index is -0.967. The van der Waals surface area contributed by atoms with Crippen molar-refractivity contribution in [3.63, 3.8) is 0 Å². The quantitative estimate of drug-likeness (QED) is 0.616. The third-order valence-electron chi connectivity index (χ3n) is 5.28. The van der Waals surface area contributed by atoms with Gasteiger partial charge >= 0.3 is 12.0 Å². The molecular formula is C21H20N2O4. The summed E-state index contributed by atoms with van der Waals surface area (Å²) in [6.45, 7) is 0.376. The third-order valence-corrected chi connectivity index (χ3v) is 5.28. The number of fused-ring (bicyclic) bond motifs is 2. The number of esters is 1. The average Bonchev–Trinajstić information content (AvgIpc) is 2.94.